The maximum Gasteiger partial charge on any atom is 0.507 e. The van der Waals surface area contributed by atoms with Crippen LogP contribution in [-0.4, -0.2) is 256 Å². The second-order valence-corrected chi connectivity index (χ2v) is 14.4. The Bertz CT molecular complexity index is 2090. The fraction of sp³-hybridized carbons (Fsp3) is 0.857. The number of nitrogens with zero attached hydrogens (tertiary/aromatic N) is 24. The molecule has 0 atom stereocenters. The molecule has 10 heterocycles. The molecule has 10 aliphatic heterocycles. The van der Waals surface area contributed by atoms with Crippen molar-refractivity contribution in [1.29, 1.82) is 0 Å². The maximum absolute atomic E-state index is 11.7. The van der Waals surface area contributed by atoms with Gasteiger partial charge in [0.25, 0.3) is 74.0 Å². The van der Waals surface area contributed by atoms with Gasteiger partial charge in [0.15, 0.2) is 60.4 Å². The van der Waals surface area contributed by atoms with Crippen molar-refractivity contribution in [2.75, 3.05) is 42.7 Å². The molecule has 10 aliphatic rings. The molecule has 0 N–H and O–H groups in total. The Balaban J connectivity index is 0.000000256. The third-order valence-corrected chi connectivity index (χ3v) is 11.4. The molecule has 57 heteroatoms. The van der Waals surface area contributed by atoms with Crippen molar-refractivity contribution in [2.45, 2.75) is 74.0 Å². The first-order valence-electron chi connectivity index (χ1n) is 19.3. The van der Waals surface area contributed by atoms with Gasteiger partial charge in [-0.1, -0.05) is 60.1 Å². The summed E-state index contributed by atoms with van der Waals surface area (Å²) >= 11 is 0. The summed E-state index contributed by atoms with van der Waals surface area (Å²) in [4.78, 5) is 169. The average molecular weight is 1150 g/mol. The van der Waals surface area contributed by atoms with Crippen molar-refractivity contribution in [3.63, 3.8) is 0 Å². The molecule has 0 unspecified atom stereocenters. The minimum absolute atomic E-state index is 0.180. The van der Waals surface area contributed by atoms with E-state index in [1.807, 2.05) is 0 Å². The zero-order chi connectivity index (χ0) is 59.8. The summed E-state index contributed by atoms with van der Waals surface area (Å²) in [7, 11) is 7.53. The van der Waals surface area contributed by atoms with Crippen LogP contribution in [0.5, 0.6) is 0 Å². The van der Waals surface area contributed by atoms with E-state index in [0.717, 1.165) is 0 Å². The molecule has 0 saturated carbocycles. The first-order valence-corrected chi connectivity index (χ1v) is 19.3. The van der Waals surface area contributed by atoms with Crippen LogP contribution in [0.1, 0.15) is 0 Å². The molecule has 0 aromatic carbocycles. The van der Waals surface area contributed by atoms with E-state index in [0.29, 0.717) is 0 Å². The van der Waals surface area contributed by atoms with Crippen LogP contribution in [-0.2, 0) is 28.4 Å². The first-order chi connectivity index (χ1) is 36.3. The number of piperazine rings is 2. The Morgan fingerprint density at radius 3 is 0.308 bits per heavy atom. The van der Waals surface area contributed by atoms with Crippen molar-refractivity contribution in [2.24, 2.45) is 0 Å². The van der Waals surface area contributed by atoms with Gasteiger partial charge in [-0.3, -0.25) is 0 Å². The Hall–Kier alpha value is -11.8. The van der Waals surface area contributed by atoms with Crippen molar-refractivity contribution >= 4 is 18.5 Å². The topological polar surface area (TPSA) is 663 Å². The van der Waals surface area contributed by atoms with E-state index in [2.05, 4.69) is 28.4 Å². The predicted molar refractivity (Wildman–Crippen MR) is 210 cm³/mol. The number of hydrogen-bond acceptors (Lipinski definition) is 33. The highest BCUT2D eigenvalue weighted by Gasteiger charge is 2.91. The van der Waals surface area contributed by atoms with Crippen LogP contribution >= 0.6 is 0 Å². The molecular formula is C21H30N24O33. The molecule has 12 bridgehead atoms. The van der Waals surface area contributed by atoms with Crippen molar-refractivity contribution in [1.82, 2.24) is 60.1 Å². The number of carbonyl (C=O) groups is 3. The lowest BCUT2D eigenvalue weighted by Crippen LogP contribution is -2.77. The second kappa shape index (κ2) is 21.7. The van der Waals surface area contributed by atoms with Crippen molar-refractivity contribution in [3.05, 3.63) is 121 Å². The van der Waals surface area contributed by atoms with Gasteiger partial charge in [0.05, 0.1) is 42.7 Å². The van der Waals surface area contributed by atoms with Crippen LogP contribution < -0.4 is 0 Å². The highest BCUT2D eigenvalue weighted by molar-refractivity contribution is 5.59. The Labute approximate surface area is 420 Å². The number of carbonyl (C=O) groups excluding carboxylic acids is 3. The molecule has 0 spiro atoms. The molecule has 0 aliphatic carbocycles. The quantitative estimate of drug-likeness (QED) is 0.0758. The number of methoxy groups -OCH3 is 6. The molecule has 0 aromatic heterocycles. The summed E-state index contributed by atoms with van der Waals surface area (Å²) in [5.74, 6) is 0. The summed E-state index contributed by atoms with van der Waals surface area (Å²) in [6.07, 6.45) is -30.7. The number of hydrogen-bond donors (Lipinski definition) is 0. The fourth-order valence-electron chi connectivity index (χ4n) is 9.18. The van der Waals surface area contributed by atoms with Crippen LogP contribution in [0.15, 0.2) is 0 Å². The predicted octanol–water partition coefficient (Wildman–Crippen LogP) is -6.88. The van der Waals surface area contributed by atoms with Crippen molar-refractivity contribution in [3.8, 4) is 0 Å². The molecule has 0 radical (unpaired) electrons. The maximum atomic E-state index is 11.7. The van der Waals surface area contributed by atoms with Gasteiger partial charge in [-0.2, -0.15) is 0 Å². The van der Waals surface area contributed by atoms with E-state index in [4.69, 9.17) is 0 Å². The van der Waals surface area contributed by atoms with Crippen LogP contribution in [0.2, 0.25) is 0 Å². The Morgan fingerprint density at radius 2 is 0.282 bits per heavy atom. The Kier molecular flexibility index (Phi) is 16.4. The van der Waals surface area contributed by atoms with E-state index >= 15 is 0 Å². The van der Waals surface area contributed by atoms with E-state index < -0.39 is 153 Å². The molecule has 0 amide bonds. The van der Waals surface area contributed by atoms with Gasteiger partial charge >= 0.3 is 18.5 Å². The molecular weight excluding hydrogens is 1120 g/mol. The second-order valence-electron chi connectivity index (χ2n) is 14.4. The summed E-state index contributed by atoms with van der Waals surface area (Å²) < 4.78 is 24.2. The highest BCUT2D eigenvalue weighted by atomic mass is 16.8. The van der Waals surface area contributed by atoms with E-state index in [-0.39, 0.29) is 60.1 Å². The molecule has 10 fully saturated rings. The molecule has 432 valence electrons. The van der Waals surface area contributed by atoms with Crippen LogP contribution in [0.25, 0.3) is 0 Å². The summed E-state index contributed by atoms with van der Waals surface area (Å²) in [5.41, 5.74) is 0. The van der Waals surface area contributed by atoms with Gasteiger partial charge in [0.1, 0.15) is 0 Å². The van der Waals surface area contributed by atoms with Gasteiger partial charge in [0.2, 0.25) is 0 Å². The zero-order valence-electron chi connectivity index (χ0n) is 38.6. The van der Waals surface area contributed by atoms with Gasteiger partial charge in [-0.25, -0.2) is 136 Å². The summed E-state index contributed by atoms with van der Waals surface area (Å²) in [5, 5.41) is 121. The number of nitro groups is 12. The number of hydrazine groups is 12. The van der Waals surface area contributed by atoms with Crippen LogP contribution in [0.4, 0.5) is 14.4 Å². The summed E-state index contributed by atoms with van der Waals surface area (Å²) in [6.45, 7) is 0. The third kappa shape index (κ3) is 9.07. The lowest BCUT2D eigenvalue weighted by Gasteiger charge is -2.39. The SMILES string of the molecule is COC(=O)OC.COC(=O)OC.COC(=O)OC.O=[N+]([O-])N1C2C3N([N+](=O)[O-])[C@H]4[C@@H](N3[N+](=O)[O-])N([N+](=O)[O-])[C@@H]1[C@@H](N2[N+](=O)[O-])N4[N+](=O)[O-].O=[N+]([O-])N1C2C3N([N+](=O)[O-])[C@H]4[C@@H](N3[N+](=O)[O-])N([N+](=O)[O-])[C@@H]1[C@@H](N2[N+](=O)[O-])N4[N+](=O)[O-]. The number of ether oxygens (including phenoxy) is 6. The summed E-state index contributed by atoms with van der Waals surface area (Å²) in [6, 6.07) is 0. The largest absolute Gasteiger partial charge is 0.507 e. The van der Waals surface area contributed by atoms with E-state index in [1.54, 1.807) is 0 Å². The third-order valence-electron chi connectivity index (χ3n) is 11.4. The van der Waals surface area contributed by atoms with E-state index in [1.165, 1.54) is 42.7 Å². The Morgan fingerprint density at radius 1 is 0.218 bits per heavy atom. The molecule has 0 aromatic rings. The normalized spacial score (nSPS) is 27.2. The highest BCUT2D eigenvalue weighted by Crippen LogP contribution is 2.53. The van der Waals surface area contributed by atoms with Crippen LogP contribution in [0, 0.1) is 121 Å². The smallest absolute Gasteiger partial charge is 0.438 e. The van der Waals surface area contributed by atoms with Gasteiger partial charge < -0.3 is 28.4 Å². The monoisotopic (exact) mass is 1150 g/mol. The standard InChI is InChI=1S/2C6H6N12O12.3C3H6O3/c2*19-13(20)7-1-2-8(14(21)22)5(7)6-9(15(23)24)3(11(1)17(27)28)4(10(6)16(25)26)12(2)18(29)30;3*1-5-3(4)6-2/h2*1-6H;3*1-2H3/t2*1-,2+,3+,4-,5?,6?;;;. The lowest BCUT2D eigenvalue weighted by atomic mass is 10.2. The van der Waals surface area contributed by atoms with Gasteiger partial charge in [0, 0.05) is 0 Å². The molecule has 57 nitrogen and oxygen atoms in total. The zero-order valence-corrected chi connectivity index (χ0v) is 38.6. The lowest BCUT2D eigenvalue weighted by molar-refractivity contribution is -0.792. The molecule has 78 heavy (non-hydrogen) atoms. The van der Waals surface area contributed by atoms with E-state index in [9.17, 15) is 136 Å². The van der Waals surface area contributed by atoms with Gasteiger partial charge in [-0.15, -0.1) is 0 Å². The average Bonchev–Trinajstić information content (AvgIpc) is 4.03. The van der Waals surface area contributed by atoms with Crippen molar-refractivity contribution < 1.29 is 103 Å². The molecule has 10 saturated heterocycles. The fourth-order valence-corrected chi connectivity index (χ4v) is 9.18. The first kappa shape index (κ1) is 58.8. The van der Waals surface area contributed by atoms with Gasteiger partial charge in [-0.05, 0) is 0 Å². The minimum Gasteiger partial charge on any atom is -0.438 e. The molecule has 10 rings (SSSR count). The van der Waals surface area contributed by atoms with Crippen LogP contribution in [0.3, 0.4) is 0 Å². The number of rotatable bonds is 12. The minimum atomic E-state index is -2.47.